The van der Waals surface area contributed by atoms with E-state index >= 15 is 0 Å². The second-order valence-electron chi connectivity index (χ2n) is 4.68. The molecule has 1 fully saturated rings. The van der Waals surface area contributed by atoms with Gasteiger partial charge in [-0.2, -0.15) is 0 Å². The largest absolute Gasteiger partial charge is 0.481 e. The van der Waals surface area contributed by atoms with E-state index in [-0.39, 0.29) is 12.3 Å². The zero-order valence-electron chi connectivity index (χ0n) is 10.8. The molecule has 1 aromatic heterocycles. The molecule has 0 spiro atoms. The molecule has 19 heavy (non-hydrogen) atoms. The van der Waals surface area contributed by atoms with E-state index in [0.717, 1.165) is 11.1 Å². The molecule has 1 atom stereocenters. The fourth-order valence-electron chi connectivity index (χ4n) is 2.22. The van der Waals surface area contributed by atoms with Crippen LogP contribution in [0.1, 0.15) is 17.5 Å². The maximum atomic E-state index is 11.8. The summed E-state index contributed by atoms with van der Waals surface area (Å²) in [6, 6.07) is 1.30. The predicted octanol–water partition coefficient (Wildman–Crippen LogP) is 0.165. The molecule has 0 aliphatic carbocycles. The van der Waals surface area contributed by atoms with Crippen LogP contribution in [0, 0.1) is 6.92 Å². The van der Waals surface area contributed by atoms with Crippen LogP contribution in [-0.4, -0.2) is 46.0 Å². The van der Waals surface area contributed by atoms with Crippen molar-refractivity contribution in [1.29, 1.82) is 0 Å². The van der Waals surface area contributed by atoms with Crippen molar-refractivity contribution in [2.45, 2.75) is 25.9 Å². The van der Waals surface area contributed by atoms with Gasteiger partial charge < -0.3 is 10.4 Å². The molecule has 6 nitrogen and oxygen atoms in total. The lowest BCUT2D eigenvalue weighted by Gasteiger charge is -2.34. The van der Waals surface area contributed by atoms with Gasteiger partial charge in [0.05, 0.1) is 6.42 Å². The van der Waals surface area contributed by atoms with Crippen molar-refractivity contribution >= 4 is 11.9 Å². The topological polar surface area (TPSA) is 82.5 Å². The predicted molar refractivity (Wildman–Crippen MR) is 68.4 cm³/mol. The first kappa shape index (κ1) is 13.5. The average Bonchev–Trinajstić information content (AvgIpc) is 2.36. The van der Waals surface area contributed by atoms with Crippen LogP contribution in [0.4, 0.5) is 0 Å². The third-order valence-corrected chi connectivity index (χ3v) is 3.33. The van der Waals surface area contributed by atoms with Gasteiger partial charge in [-0.3, -0.25) is 19.5 Å². The summed E-state index contributed by atoms with van der Waals surface area (Å²) >= 11 is 0. The standard InChI is InChI=1S/C13H17N3O3/c1-9-2-3-14-7-10(9)8-16-5-4-15-13(19)11(16)6-12(17)18/h2-3,7,11H,4-6,8H2,1H3,(H,15,19)(H,17,18). The van der Waals surface area contributed by atoms with Crippen LogP contribution < -0.4 is 5.32 Å². The van der Waals surface area contributed by atoms with Crippen LogP contribution >= 0.6 is 0 Å². The monoisotopic (exact) mass is 263 g/mol. The molecule has 1 aromatic rings. The molecule has 1 saturated heterocycles. The number of rotatable bonds is 4. The van der Waals surface area contributed by atoms with Crippen LogP contribution in [0.25, 0.3) is 0 Å². The van der Waals surface area contributed by atoms with E-state index in [4.69, 9.17) is 5.11 Å². The molecule has 1 aliphatic heterocycles. The Morgan fingerprint density at radius 1 is 1.63 bits per heavy atom. The second-order valence-corrected chi connectivity index (χ2v) is 4.68. The highest BCUT2D eigenvalue weighted by Gasteiger charge is 2.31. The molecule has 1 unspecified atom stereocenters. The number of hydrogen-bond acceptors (Lipinski definition) is 4. The number of carbonyl (C=O) groups excluding carboxylic acids is 1. The van der Waals surface area contributed by atoms with E-state index in [1.807, 2.05) is 17.9 Å². The summed E-state index contributed by atoms with van der Waals surface area (Å²) in [4.78, 5) is 28.6. The SMILES string of the molecule is Cc1ccncc1CN1CCNC(=O)C1CC(=O)O. The Labute approximate surface area is 111 Å². The number of hydrogen-bond donors (Lipinski definition) is 2. The number of aromatic nitrogens is 1. The fourth-order valence-corrected chi connectivity index (χ4v) is 2.22. The number of aliphatic carboxylic acids is 1. The lowest BCUT2D eigenvalue weighted by Crippen LogP contribution is -2.55. The Morgan fingerprint density at radius 3 is 3.11 bits per heavy atom. The number of carboxylic acid groups (broad SMARTS) is 1. The molecule has 0 bridgehead atoms. The quantitative estimate of drug-likeness (QED) is 0.809. The fraction of sp³-hybridized carbons (Fsp3) is 0.462. The molecule has 6 heteroatoms. The van der Waals surface area contributed by atoms with Crippen LogP contribution in [0.15, 0.2) is 18.5 Å². The highest BCUT2D eigenvalue weighted by molar-refractivity contribution is 5.86. The Morgan fingerprint density at radius 2 is 2.42 bits per heavy atom. The number of piperazine rings is 1. The lowest BCUT2D eigenvalue weighted by atomic mass is 10.1. The van der Waals surface area contributed by atoms with Crippen molar-refractivity contribution in [2.75, 3.05) is 13.1 Å². The molecule has 0 radical (unpaired) electrons. The first-order valence-corrected chi connectivity index (χ1v) is 6.21. The minimum Gasteiger partial charge on any atom is -0.481 e. The van der Waals surface area contributed by atoms with E-state index in [9.17, 15) is 9.59 Å². The molecule has 2 N–H and O–H groups in total. The average molecular weight is 263 g/mol. The molecule has 0 saturated carbocycles. The summed E-state index contributed by atoms with van der Waals surface area (Å²) < 4.78 is 0. The maximum Gasteiger partial charge on any atom is 0.305 e. The van der Waals surface area contributed by atoms with Crippen molar-refractivity contribution in [3.8, 4) is 0 Å². The number of nitrogens with zero attached hydrogens (tertiary/aromatic N) is 2. The third-order valence-electron chi connectivity index (χ3n) is 3.33. The smallest absolute Gasteiger partial charge is 0.305 e. The molecular weight excluding hydrogens is 246 g/mol. The number of amides is 1. The number of aryl methyl sites for hydroxylation is 1. The van der Waals surface area contributed by atoms with Gasteiger partial charge >= 0.3 is 5.97 Å². The Balaban J connectivity index is 2.14. The van der Waals surface area contributed by atoms with Gasteiger partial charge in [-0.1, -0.05) is 0 Å². The van der Waals surface area contributed by atoms with E-state index in [2.05, 4.69) is 10.3 Å². The maximum absolute atomic E-state index is 11.8. The Bertz CT molecular complexity index is 490. The highest BCUT2D eigenvalue weighted by Crippen LogP contribution is 2.15. The molecular formula is C13H17N3O3. The van der Waals surface area contributed by atoms with E-state index in [1.54, 1.807) is 12.4 Å². The molecule has 2 heterocycles. The van der Waals surface area contributed by atoms with Crippen molar-refractivity contribution in [3.63, 3.8) is 0 Å². The summed E-state index contributed by atoms with van der Waals surface area (Å²) in [5.74, 6) is -1.18. The summed E-state index contributed by atoms with van der Waals surface area (Å²) in [5, 5.41) is 11.6. The molecule has 1 aliphatic rings. The molecule has 1 amide bonds. The van der Waals surface area contributed by atoms with Crippen molar-refractivity contribution in [2.24, 2.45) is 0 Å². The first-order valence-electron chi connectivity index (χ1n) is 6.21. The van der Waals surface area contributed by atoms with Crippen LogP contribution in [0.3, 0.4) is 0 Å². The Hall–Kier alpha value is -1.95. The van der Waals surface area contributed by atoms with Gasteiger partial charge in [0.25, 0.3) is 0 Å². The highest BCUT2D eigenvalue weighted by atomic mass is 16.4. The summed E-state index contributed by atoms with van der Waals surface area (Å²) in [6.45, 7) is 3.73. The number of nitrogens with one attached hydrogen (secondary N) is 1. The van der Waals surface area contributed by atoms with Crippen molar-refractivity contribution in [1.82, 2.24) is 15.2 Å². The van der Waals surface area contributed by atoms with Crippen molar-refractivity contribution in [3.05, 3.63) is 29.6 Å². The number of pyridine rings is 1. The van der Waals surface area contributed by atoms with E-state index in [1.165, 1.54) is 0 Å². The van der Waals surface area contributed by atoms with Gasteiger partial charge in [-0.15, -0.1) is 0 Å². The second kappa shape index (κ2) is 5.79. The van der Waals surface area contributed by atoms with Gasteiger partial charge in [0.2, 0.25) is 5.91 Å². The van der Waals surface area contributed by atoms with E-state index in [0.29, 0.717) is 19.6 Å². The zero-order valence-corrected chi connectivity index (χ0v) is 10.8. The van der Waals surface area contributed by atoms with Crippen molar-refractivity contribution < 1.29 is 14.7 Å². The van der Waals surface area contributed by atoms with Gasteiger partial charge in [0, 0.05) is 32.0 Å². The van der Waals surface area contributed by atoms with Gasteiger partial charge in [-0.25, -0.2) is 0 Å². The van der Waals surface area contributed by atoms with Gasteiger partial charge in [0.1, 0.15) is 6.04 Å². The normalized spacial score (nSPS) is 20.1. The number of carbonyl (C=O) groups is 2. The molecule has 2 rings (SSSR count). The van der Waals surface area contributed by atoms with Crippen LogP contribution in [0.2, 0.25) is 0 Å². The van der Waals surface area contributed by atoms with Gasteiger partial charge in [-0.05, 0) is 24.1 Å². The third kappa shape index (κ3) is 3.29. The zero-order chi connectivity index (χ0) is 13.8. The van der Waals surface area contributed by atoms with E-state index < -0.39 is 12.0 Å². The Kier molecular flexibility index (Phi) is 4.11. The summed E-state index contributed by atoms with van der Waals surface area (Å²) in [7, 11) is 0. The van der Waals surface area contributed by atoms with Crippen LogP contribution in [-0.2, 0) is 16.1 Å². The first-order chi connectivity index (χ1) is 9.08. The lowest BCUT2D eigenvalue weighted by molar-refractivity contribution is -0.143. The molecule has 0 aromatic carbocycles. The molecule has 102 valence electrons. The number of carboxylic acids is 1. The minimum atomic E-state index is -0.963. The summed E-state index contributed by atoms with van der Waals surface area (Å²) in [6.07, 6.45) is 3.31. The van der Waals surface area contributed by atoms with Gasteiger partial charge in [0.15, 0.2) is 0 Å². The van der Waals surface area contributed by atoms with Crippen LogP contribution in [0.5, 0.6) is 0 Å². The summed E-state index contributed by atoms with van der Waals surface area (Å²) in [5.41, 5.74) is 2.11. The minimum absolute atomic E-state index is 0.175.